The lowest BCUT2D eigenvalue weighted by Crippen LogP contribution is -2.51. The largest absolute Gasteiger partial charge is 0.376 e. The molecule has 0 spiro atoms. The molecule has 3 rings (SSSR count). The van der Waals surface area contributed by atoms with Crippen LogP contribution in [0.5, 0.6) is 0 Å². The first-order chi connectivity index (χ1) is 14.2. The van der Waals surface area contributed by atoms with E-state index in [1.54, 1.807) is 4.90 Å². The molecule has 1 unspecified atom stereocenters. The Labute approximate surface area is 179 Å². The van der Waals surface area contributed by atoms with E-state index in [9.17, 15) is 18.0 Å². The van der Waals surface area contributed by atoms with Gasteiger partial charge in [0.25, 0.3) is 5.91 Å². The summed E-state index contributed by atoms with van der Waals surface area (Å²) in [5.41, 5.74) is 2.41. The van der Waals surface area contributed by atoms with Gasteiger partial charge >= 0.3 is 0 Å². The highest BCUT2D eigenvalue weighted by Crippen LogP contribution is 2.22. The van der Waals surface area contributed by atoms with Crippen LogP contribution in [-0.2, 0) is 14.8 Å². The minimum atomic E-state index is -3.21. The molecule has 2 saturated heterocycles. The number of piperidine rings is 1. The van der Waals surface area contributed by atoms with Gasteiger partial charge < -0.3 is 15.1 Å². The van der Waals surface area contributed by atoms with E-state index < -0.39 is 10.0 Å². The smallest absolute Gasteiger partial charge is 0.254 e. The highest BCUT2D eigenvalue weighted by atomic mass is 32.2. The molecular formula is C21H32N4O4S. The Morgan fingerprint density at radius 2 is 1.80 bits per heavy atom. The van der Waals surface area contributed by atoms with Crippen LogP contribution in [-0.4, -0.2) is 85.9 Å². The second-order valence-corrected chi connectivity index (χ2v) is 10.3. The van der Waals surface area contributed by atoms with Gasteiger partial charge in [-0.2, -0.15) is 4.31 Å². The molecule has 2 amide bonds. The van der Waals surface area contributed by atoms with Crippen LogP contribution in [0, 0.1) is 6.92 Å². The number of benzene rings is 1. The molecule has 0 aromatic heterocycles. The van der Waals surface area contributed by atoms with Crippen LogP contribution < -0.4 is 5.32 Å². The zero-order valence-corrected chi connectivity index (χ0v) is 18.9. The van der Waals surface area contributed by atoms with E-state index in [-0.39, 0.29) is 24.4 Å². The first kappa shape index (κ1) is 22.6. The molecule has 2 fully saturated rings. The molecule has 1 aromatic carbocycles. The Morgan fingerprint density at radius 3 is 2.40 bits per heavy atom. The third-order valence-corrected chi connectivity index (χ3v) is 7.33. The zero-order chi connectivity index (χ0) is 21.9. The van der Waals surface area contributed by atoms with Crippen molar-refractivity contribution in [3.63, 3.8) is 0 Å². The van der Waals surface area contributed by atoms with Gasteiger partial charge in [-0.15, -0.1) is 0 Å². The molecule has 2 aliphatic rings. The molecule has 0 bridgehead atoms. The van der Waals surface area contributed by atoms with Crippen LogP contribution in [0.2, 0.25) is 0 Å². The van der Waals surface area contributed by atoms with E-state index >= 15 is 0 Å². The summed E-state index contributed by atoms with van der Waals surface area (Å²) in [6.07, 6.45) is 4.46. The lowest BCUT2D eigenvalue weighted by molar-refractivity contribution is -0.130. The zero-order valence-electron chi connectivity index (χ0n) is 18.1. The lowest BCUT2D eigenvalue weighted by Gasteiger charge is -2.33. The maximum Gasteiger partial charge on any atom is 0.254 e. The average Bonchev–Trinajstić information content (AvgIpc) is 2.72. The van der Waals surface area contributed by atoms with Crippen molar-refractivity contribution in [3.05, 3.63) is 29.3 Å². The summed E-state index contributed by atoms with van der Waals surface area (Å²) in [4.78, 5) is 29.0. The fraction of sp³-hybridized carbons (Fsp3) is 0.619. The number of nitrogens with one attached hydrogen (secondary N) is 1. The van der Waals surface area contributed by atoms with Gasteiger partial charge in [0.2, 0.25) is 15.9 Å². The van der Waals surface area contributed by atoms with Gasteiger partial charge in [-0.1, -0.05) is 0 Å². The standard InChI is InChI=1S/C21H32N4O4S/c1-16-14-18(21(27)25-9-5-4-6-17(25)2)7-8-19(16)22-15-20(26)23-10-12-24(13-11-23)30(3,28)29/h7-8,14,17,22H,4-6,9-13,15H2,1-3H3. The predicted molar refractivity (Wildman–Crippen MR) is 117 cm³/mol. The molecule has 166 valence electrons. The van der Waals surface area contributed by atoms with Crippen LogP contribution in [0.25, 0.3) is 0 Å². The minimum absolute atomic E-state index is 0.0650. The van der Waals surface area contributed by atoms with Crippen LogP contribution in [0.4, 0.5) is 5.69 Å². The number of rotatable bonds is 5. The Hall–Kier alpha value is -2.13. The summed E-state index contributed by atoms with van der Waals surface area (Å²) in [7, 11) is -3.21. The number of piperazine rings is 1. The maximum atomic E-state index is 12.8. The quantitative estimate of drug-likeness (QED) is 0.756. The van der Waals surface area contributed by atoms with Gasteiger partial charge in [-0.05, 0) is 56.9 Å². The van der Waals surface area contributed by atoms with E-state index in [2.05, 4.69) is 12.2 Å². The molecule has 0 radical (unpaired) electrons. The predicted octanol–water partition coefficient (Wildman–Crippen LogP) is 1.53. The van der Waals surface area contributed by atoms with Crippen molar-refractivity contribution in [1.29, 1.82) is 0 Å². The third-order valence-electron chi connectivity index (χ3n) is 6.03. The van der Waals surface area contributed by atoms with Gasteiger partial charge in [0.1, 0.15) is 0 Å². The van der Waals surface area contributed by atoms with Crippen LogP contribution >= 0.6 is 0 Å². The third kappa shape index (κ3) is 5.31. The van der Waals surface area contributed by atoms with Gasteiger partial charge in [-0.25, -0.2) is 8.42 Å². The van der Waals surface area contributed by atoms with Crippen molar-refractivity contribution >= 4 is 27.5 Å². The first-order valence-corrected chi connectivity index (χ1v) is 12.4. The summed E-state index contributed by atoms with van der Waals surface area (Å²) in [5.74, 6) is 0.00141. The summed E-state index contributed by atoms with van der Waals surface area (Å²) < 4.78 is 24.6. The number of hydrogen-bond acceptors (Lipinski definition) is 5. The van der Waals surface area contributed by atoms with E-state index in [1.807, 2.05) is 30.0 Å². The highest BCUT2D eigenvalue weighted by Gasteiger charge is 2.26. The van der Waals surface area contributed by atoms with E-state index in [0.29, 0.717) is 31.7 Å². The van der Waals surface area contributed by atoms with Crippen molar-refractivity contribution < 1.29 is 18.0 Å². The number of likely N-dealkylation sites (tertiary alicyclic amines) is 1. The van der Waals surface area contributed by atoms with E-state index in [0.717, 1.165) is 30.6 Å². The molecule has 1 atom stereocenters. The first-order valence-electron chi connectivity index (χ1n) is 10.5. The Balaban J connectivity index is 1.55. The second-order valence-electron chi connectivity index (χ2n) is 8.27. The van der Waals surface area contributed by atoms with Crippen molar-refractivity contribution in [1.82, 2.24) is 14.1 Å². The summed E-state index contributed by atoms with van der Waals surface area (Å²) in [6, 6.07) is 5.81. The Bertz CT molecular complexity index is 894. The maximum absolute atomic E-state index is 12.8. The van der Waals surface area contributed by atoms with Crippen LogP contribution in [0.15, 0.2) is 18.2 Å². The normalized spacial score (nSPS) is 20.8. The number of anilines is 1. The SMILES string of the molecule is Cc1cc(C(=O)N2CCCCC2C)ccc1NCC(=O)N1CCN(S(C)(=O)=O)CC1. The Morgan fingerprint density at radius 1 is 1.10 bits per heavy atom. The van der Waals surface area contributed by atoms with Crippen molar-refractivity contribution in [2.75, 3.05) is 50.8 Å². The molecule has 0 saturated carbocycles. The number of amides is 2. The number of aryl methyl sites for hydroxylation is 1. The second kappa shape index (κ2) is 9.34. The van der Waals surface area contributed by atoms with Gasteiger partial charge in [-0.3, -0.25) is 9.59 Å². The van der Waals surface area contributed by atoms with E-state index in [4.69, 9.17) is 0 Å². The molecule has 30 heavy (non-hydrogen) atoms. The van der Waals surface area contributed by atoms with Crippen LogP contribution in [0.1, 0.15) is 42.1 Å². The van der Waals surface area contributed by atoms with Crippen LogP contribution in [0.3, 0.4) is 0 Å². The monoisotopic (exact) mass is 436 g/mol. The fourth-order valence-electron chi connectivity index (χ4n) is 4.11. The number of sulfonamides is 1. The van der Waals surface area contributed by atoms with Gasteiger partial charge in [0.05, 0.1) is 12.8 Å². The van der Waals surface area contributed by atoms with Crippen molar-refractivity contribution in [2.24, 2.45) is 0 Å². The number of carbonyl (C=O) groups excluding carboxylic acids is 2. The van der Waals surface area contributed by atoms with Gasteiger partial charge in [0.15, 0.2) is 0 Å². The minimum Gasteiger partial charge on any atom is -0.376 e. The summed E-state index contributed by atoms with van der Waals surface area (Å²) in [6.45, 7) is 6.42. The molecule has 9 heteroatoms. The average molecular weight is 437 g/mol. The molecule has 2 heterocycles. The fourth-order valence-corrected chi connectivity index (χ4v) is 4.94. The van der Waals surface area contributed by atoms with E-state index in [1.165, 1.54) is 17.0 Å². The molecule has 1 aromatic rings. The molecule has 1 N–H and O–H groups in total. The molecule has 8 nitrogen and oxygen atoms in total. The number of hydrogen-bond donors (Lipinski definition) is 1. The van der Waals surface area contributed by atoms with Crippen molar-refractivity contribution in [3.8, 4) is 0 Å². The van der Waals surface area contributed by atoms with Gasteiger partial charge in [0, 0.05) is 50.0 Å². The summed E-state index contributed by atoms with van der Waals surface area (Å²) >= 11 is 0. The Kier molecular flexibility index (Phi) is 7.02. The lowest BCUT2D eigenvalue weighted by atomic mass is 10.0. The molecular weight excluding hydrogens is 404 g/mol. The topological polar surface area (TPSA) is 90.0 Å². The molecule has 2 aliphatic heterocycles. The van der Waals surface area contributed by atoms with Crippen molar-refractivity contribution in [2.45, 2.75) is 39.2 Å². The number of carbonyl (C=O) groups is 2. The summed E-state index contributed by atoms with van der Waals surface area (Å²) in [5, 5.41) is 3.16. The molecule has 0 aliphatic carbocycles. The number of nitrogens with zero attached hydrogens (tertiary/aromatic N) is 3. The highest BCUT2D eigenvalue weighted by molar-refractivity contribution is 7.88.